The van der Waals surface area contributed by atoms with Crippen molar-refractivity contribution in [2.75, 3.05) is 26.7 Å². The van der Waals surface area contributed by atoms with Gasteiger partial charge in [-0.25, -0.2) is 0 Å². The van der Waals surface area contributed by atoms with E-state index in [0.29, 0.717) is 13.0 Å². The standard InChI is InChI=1S/C20H42N2O4/c1-16(2)19(25)20(26)17(15-23)14-22-13-11-9-7-5-4-6-8-10-12-18(24)21-3/h16-17,19-20,22-23,25-26H,4-15H2,1-3H3,(H,21,24). The van der Waals surface area contributed by atoms with Gasteiger partial charge in [0.05, 0.1) is 12.2 Å². The Morgan fingerprint density at radius 2 is 1.42 bits per heavy atom. The van der Waals surface area contributed by atoms with Crippen LogP contribution in [0.2, 0.25) is 0 Å². The van der Waals surface area contributed by atoms with Crippen LogP contribution in [0, 0.1) is 11.8 Å². The summed E-state index contributed by atoms with van der Waals surface area (Å²) in [6.07, 6.45) is 8.18. The smallest absolute Gasteiger partial charge is 0.219 e. The van der Waals surface area contributed by atoms with Gasteiger partial charge in [0.25, 0.3) is 0 Å². The molecule has 156 valence electrons. The summed E-state index contributed by atoms with van der Waals surface area (Å²) in [7, 11) is 1.68. The van der Waals surface area contributed by atoms with Gasteiger partial charge in [-0.3, -0.25) is 4.79 Å². The quantitative estimate of drug-likeness (QED) is 0.250. The van der Waals surface area contributed by atoms with Crippen LogP contribution in [0.4, 0.5) is 0 Å². The number of aliphatic hydroxyl groups excluding tert-OH is 3. The average Bonchev–Trinajstić information content (AvgIpc) is 2.64. The Kier molecular flexibility index (Phi) is 16.0. The minimum Gasteiger partial charge on any atom is -0.396 e. The molecule has 1 amide bonds. The van der Waals surface area contributed by atoms with Crippen LogP contribution < -0.4 is 10.6 Å². The van der Waals surface area contributed by atoms with Crippen molar-refractivity contribution in [2.45, 2.75) is 83.8 Å². The molecule has 3 unspecified atom stereocenters. The number of unbranched alkanes of at least 4 members (excludes halogenated alkanes) is 7. The highest BCUT2D eigenvalue weighted by Gasteiger charge is 2.27. The second-order valence-electron chi connectivity index (χ2n) is 7.62. The largest absolute Gasteiger partial charge is 0.396 e. The summed E-state index contributed by atoms with van der Waals surface area (Å²) in [5, 5.41) is 35.3. The number of hydrogen-bond donors (Lipinski definition) is 5. The maximum Gasteiger partial charge on any atom is 0.219 e. The van der Waals surface area contributed by atoms with Crippen LogP contribution >= 0.6 is 0 Å². The Morgan fingerprint density at radius 3 is 1.92 bits per heavy atom. The minimum absolute atomic E-state index is 0.0251. The second-order valence-corrected chi connectivity index (χ2v) is 7.62. The van der Waals surface area contributed by atoms with Gasteiger partial charge in [0, 0.05) is 32.5 Å². The van der Waals surface area contributed by atoms with Crippen molar-refractivity contribution in [3.05, 3.63) is 0 Å². The molecule has 6 nitrogen and oxygen atoms in total. The number of hydrogen-bond acceptors (Lipinski definition) is 5. The molecule has 0 aliphatic rings. The van der Waals surface area contributed by atoms with Gasteiger partial charge in [-0.1, -0.05) is 52.4 Å². The molecule has 0 bridgehead atoms. The number of carbonyl (C=O) groups is 1. The molecule has 0 aromatic carbocycles. The molecule has 0 aliphatic heterocycles. The Morgan fingerprint density at radius 1 is 0.885 bits per heavy atom. The molecule has 0 saturated carbocycles. The summed E-state index contributed by atoms with van der Waals surface area (Å²) in [5.74, 6) is -0.225. The summed E-state index contributed by atoms with van der Waals surface area (Å²) in [4.78, 5) is 11.1. The first-order valence-electron chi connectivity index (χ1n) is 10.3. The van der Waals surface area contributed by atoms with E-state index < -0.39 is 12.2 Å². The van der Waals surface area contributed by atoms with Crippen LogP contribution in [0.5, 0.6) is 0 Å². The van der Waals surface area contributed by atoms with Crippen molar-refractivity contribution in [2.24, 2.45) is 11.8 Å². The van der Waals surface area contributed by atoms with Crippen LogP contribution in [-0.2, 0) is 4.79 Å². The predicted octanol–water partition coefficient (Wildman–Crippen LogP) is 1.82. The van der Waals surface area contributed by atoms with E-state index in [-0.39, 0.29) is 24.3 Å². The highest BCUT2D eigenvalue weighted by Crippen LogP contribution is 2.14. The fourth-order valence-corrected chi connectivity index (χ4v) is 2.98. The zero-order valence-electron chi connectivity index (χ0n) is 17.0. The van der Waals surface area contributed by atoms with Gasteiger partial charge in [-0.2, -0.15) is 0 Å². The molecular weight excluding hydrogens is 332 g/mol. The number of nitrogens with one attached hydrogen (secondary N) is 2. The van der Waals surface area contributed by atoms with E-state index in [4.69, 9.17) is 0 Å². The van der Waals surface area contributed by atoms with E-state index in [1.54, 1.807) is 7.05 Å². The van der Waals surface area contributed by atoms with Gasteiger partial charge in [0.1, 0.15) is 0 Å². The Labute approximate surface area is 159 Å². The van der Waals surface area contributed by atoms with Crippen molar-refractivity contribution < 1.29 is 20.1 Å². The summed E-state index contributed by atoms with van der Waals surface area (Å²) in [5.41, 5.74) is 0. The number of aliphatic hydroxyl groups is 3. The molecule has 0 spiro atoms. The van der Waals surface area contributed by atoms with Crippen molar-refractivity contribution in [1.29, 1.82) is 0 Å². The van der Waals surface area contributed by atoms with Crippen LogP contribution in [0.25, 0.3) is 0 Å². The first-order chi connectivity index (χ1) is 12.4. The lowest BCUT2D eigenvalue weighted by Crippen LogP contribution is -2.43. The third-order valence-electron chi connectivity index (χ3n) is 4.94. The lowest BCUT2D eigenvalue weighted by Gasteiger charge is -2.27. The van der Waals surface area contributed by atoms with Gasteiger partial charge in [-0.05, 0) is 25.3 Å². The summed E-state index contributed by atoms with van der Waals surface area (Å²) in [6.45, 7) is 4.98. The first kappa shape index (κ1) is 25.3. The third-order valence-corrected chi connectivity index (χ3v) is 4.94. The van der Waals surface area contributed by atoms with Gasteiger partial charge in [-0.15, -0.1) is 0 Å². The third kappa shape index (κ3) is 12.6. The molecule has 0 rings (SSSR count). The SMILES string of the molecule is CNC(=O)CCCCCCCCCCNCC(CO)C(O)C(O)C(C)C. The fraction of sp³-hybridized carbons (Fsp3) is 0.950. The summed E-state index contributed by atoms with van der Waals surface area (Å²) >= 11 is 0. The highest BCUT2D eigenvalue weighted by atomic mass is 16.3. The normalized spacial score (nSPS) is 15.0. The Balaban J connectivity index is 3.50. The van der Waals surface area contributed by atoms with Crippen molar-refractivity contribution in [3.8, 4) is 0 Å². The monoisotopic (exact) mass is 374 g/mol. The van der Waals surface area contributed by atoms with E-state index in [0.717, 1.165) is 25.8 Å². The molecule has 0 saturated heterocycles. The highest BCUT2D eigenvalue weighted by molar-refractivity contribution is 5.75. The van der Waals surface area contributed by atoms with Gasteiger partial charge < -0.3 is 26.0 Å². The molecule has 0 aromatic rings. The molecule has 0 fully saturated rings. The summed E-state index contributed by atoms with van der Waals surface area (Å²) in [6, 6.07) is 0. The molecule has 6 heteroatoms. The molecule has 26 heavy (non-hydrogen) atoms. The van der Waals surface area contributed by atoms with Crippen LogP contribution in [-0.4, -0.2) is 60.2 Å². The van der Waals surface area contributed by atoms with Crippen molar-refractivity contribution in [1.82, 2.24) is 10.6 Å². The van der Waals surface area contributed by atoms with E-state index in [1.807, 2.05) is 13.8 Å². The fourth-order valence-electron chi connectivity index (χ4n) is 2.98. The topological polar surface area (TPSA) is 102 Å². The van der Waals surface area contributed by atoms with Gasteiger partial charge in [0.2, 0.25) is 5.91 Å². The van der Waals surface area contributed by atoms with Crippen molar-refractivity contribution >= 4 is 5.91 Å². The maximum atomic E-state index is 11.1. The first-order valence-corrected chi connectivity index (χ1v) is 10.3. The number of amides is 1. The number of rotatable bonds is 17. The Hall–Kier alpha value is -0.690. The zero-order valence-corrected chi connectivity index (χ0v) is 17.0. The van der Waals surface area contributed by atoms with Gasteiger partial charge in [0.15, 0.2) is 0 Å². The molecular formula is C20H42N2O4. The molecule has 3 atom stereocenters. The van der Waals surface area contributed by atoms with Crippen LogP contribution in [0.1, 0.15) is 71.6 Å². The molecule has 0 aliphatic carbocycles. The maximum absolute atomic E-state index is 11.1. The van der Waals surface area contributed by atoms with Gasteiger partial charge >= 0.3 is 0 Å². The van der Waals surface area contributed by atoms with Crippen LogP contribution in [0.15, 0.2) is 0 Å². The Bertz CT molecular complexity index is 340. The van der Waals surface area contributed by atoms with E-state index in [1.165, 1.54) is 32.1 Å². The zero-order chi connectivity index (χ0) is 19.8. The molecule has 0 heterocycles. The van der Waals surface area contributed by atoms with Crippen LogP contribution in [0.3, 0.4) is 0 Å². The minimum atomic E-state index is -0.893. The molecule has 5 N–H and O–H groups in total. The summed E-state index contributed by atoms with van der Waals surface area (Å²) < 4.78 is 0. The average molecular weight is 375 g/mol. The molecule has 0 radical (unpaired) electrons. The van der Waals surface area contributed by atoms with E-state index in [9.17, 15) is 20.1 Å². The molecule has 0 aromatic heterocycles. The lowest BCUT2D eigenvalue weighted by molar-refractivity contribution is -0.120. The number of carbonyl (C=O) groups excluding carboxylic acids is 1. The van der Waals surface area contributed by atoms with E-state index in [2.05, 4.69) is 10.6 Å². The lowest BCUT2D eigenvalue weighted by atomic mass is 9.92. The second kappa shape index (κ2) is 16.5. The van der Waals surface area contributed by atoms with Crippen molar-refractivity contribution in [3.63, 3.8) is 0 Å². The van der Waals surface area contributed by atoms with E-state index >= 15 is 0 Å². The predicted molar refractivity (Wildman–Crippen MR) is 106 cm³/mol.